The molecule has 0 unspecified atom stereocenters. The summed E-state index contributed by atoms with van der Waals surface area (Å²) >= 11 is 17.9. The first-order valence-electron chi connectivity index (χ1n) is 38.2. The number of benzene rings is 3. The fourth-order valence-electron chi connectivity index (χ4n) is 13.7. The maximum absolute atomic E-state index is 13.9. The van der Waals surface area contributed by atoms with Crippen LogP contribution in [0.5, 0.6) is 0 Å². The van der Waals surface area contributed by atoms with Gasteiger partial charge in [-0.3, -0.25) is 9.97 Å². The number of rotatable bonds is 14. The molecule has 0 aliphatic carbocycles. The van der Waals surface area contributed by atoms with Crippen LogP contribution in [0, 0.1) is 29.1 Å². The lowest BCUT2D eigenvalue weighted by Crippen LogP contribution is -2.40. The molecular weight excluding hydrogens is 1570 g/mol. The minimum absolute atomic E-state index is 0.134. The molecule has 0 bridgehead atoms. The molecular formula is C83H88Cl3F5N20O6. The van der Waals surface area contributed by atoms with Gasteiger partial charge >= 0.3 is 18.3 Å². The van der Waals surface area contributed by atoms with Crippen molar-refractivity contribution in [1.82, 2.24) is 84.8 Å². The molecule has 0 radical (unpaired) electrons. The van der Waals surface area contributed by atoms with E-state index in [2.05, 4.69) is 86.1 Å². The highest BCUT2D eigenvalue weighted by molar-refractivity contribution is 6.32. The molecule has 0 atom stereocenters. The Morgan fingerprint density at radius 2 is 0.786 bits per heavy atom. The average Bonchev–Trinajstić information content (AvgIpc) is 1.75. The zero-order valence-electron chi connectivity index (χ0n) is 65.9. The highest BCUT2D eigenvalue weighted by Gasteiger charge is 2.33. The third kappa shape index (κ3) is 21.6. The quantitative estimate of drug-likeness (QED) is 0.0230. The number of carbonyl (C=O) groups is 3. The van der Waals surface area contributed by atoms with Gasteiger partial charge in [0.15, 0.2) is 11.6 Å². The third-order valence-electron chi connectivity index (χ3n) is 19.1. The van der Waals surface area contributed by atoms with E-state index in [1.54, 1.807) is 45.2 Å². The topological polar surface area (TPSA) is 313 Å². The van der Waals surface area contributed by atoms with Crippen molar-refractivity contribution in [2.24, 2.45) is 0 Å². The molecule has 612 valence electrons. The monoisotopic (exact) mass is 1660 g/mol. The lowest BCUT2D eigenvalue weighted by Gasteiger charge is -2.31. The van der Waals surface area contributed by atoms with Gasteiger partial charge in [-0.05, 0) is 188 Å². The molecule has 3 aromatic carbocycles. The number of ether oxygens (including phenoxy) is 3. The van der Waals surface area contributed by atoms with Crippen molar-refractivity contribution < 1.29 is 50.5 Å². The second-order valence-electron chi connectivity index (χ2n) is 31.3. The van der Waals surface area contributed by atoms with Crippen LogP contribution >= 0.6 is 34.8 Å². The number of aromatic nitrogens is 13. The number of hydrogen-bond donors (Lipinski definition) is 7. The van der Waals surface area contributed by atoms with Gasteiger partial charge < -0.3 is 65.1 Å². The average molecular weight is 1660 g/mol. The Kier molecular flexibility index (Phi) is 25.7. The van der Waals surface area contributed by atoms with Gasteiger partial charge in [0.1, 0.15) is 68.5 Å². The van der Waals surface area contributed by atoms with E-state index in [9.17, 15) is 36.3 Å². The molecule has 3 amide bonds. The highest BCUT2D eigenvalue weighted by Crippen LogP contribution is 2.34. The number of hydrogen-bond acceptors (Lipinski definition) is 20. The van der Waals surface area contributed by atoms with Crippen LogP contribution in [0.3, 0.4) is 0 Å². The molecule has 117 heavy (non-hydrogen) atoms. The predicted molar refractivity (Wildman–Crippen MR) is 437 cm³/mol. The van der Waals surface area contributed by atoms with Gasteiger partial charge in [0.05, 0.1) is 54.8 Å². The van der Waals surface area contributed by atoms with Crippen LogP contribution < -0.4 is 21.3 Å². The molecule has 4 aliphatic heterocycles. The van der Waals surface area contributed by atoms with E-state index in [1.165, 1.54) is 48.7 Å². The number of nitrogens with zero attached hydrogens (tertiary/aromatic N) is 13. The summed E-state index contributed by atoms with van der Waals surface area (Å²) in [5.74, 6) is 1.01. The Hall–Kier alpha value is -11.4. The van der Waals surface area contributed by atoms with E-state index in [0.29, 0.717) is 137 Å². The van der Waals surface area contributed by atoms with Gasteiger partial charge in [-0.25, -0.2) is 76.2 Å². The van der Waals surface area contributed by atoms with Gasteiger partial charge in [-0.15, -0.1) is 0 Å². The fourth-order valence-corrected chi connectivity index (χ4v) is 14.4. The number of fused-ring (bicyclic) bond motifs is 7. The van der Waals surface area contributed by atoms with E-state index >= 15 is 0 Å². The number of pyridine rings is 2. The van der Waals surface area contributed by atoms with Crippen molar-refractivity contribution in [3.05, 3.63) is 217 Å². The smallest absolute Gasteiger partial charge is 0.410 e. The molecule has 16 rings (SSSR count). The molecule has 4 aliphatic rings. The van der Waals surface area contributed by atoms with Crippen LogP contribution in [0.25, 0.3) is 55.5 Å². The Morgan fingerprint density at radius 3 is 1.19 bits per heavy atom. The molecule has 0 spiro atoms. The summed E-state index contributed by atoms with van der Waals surface area (Å²) in [6.45, 7) is 22.2. The third-order valence-corrected chi connectivity index (χ3v) is 19.8. The van der Waals surface area contributed by atoms with Gasteiger partial charge in [-0.1, -0.05) is 11.6 Å². The number of aromatic amines is 3. The summed E-state index contributed by atoms with van der Waals surface area (Å²) in [4.78, 5) is 94.8. The minimum Gasteiger partial charge on any atom is -0.444 e. The maximum atomic E-state index is 13.9. The van der Waals surface area contributed by atoms with E-state index in [4.69, 9.17) is 49.0 Å². The van der Waals surface area contributed by atoms with E-state index < -0.39 is 34.5 Å². The molecule has 0 saturated carbocycles. The molecule has 26 nitrogen and oxygen atoms in total. The minimum atomic E-state index is -0.609. The first kappa shape index (κ1) is 83.5. The second-order valence-corrected chi connectivity index (χ2v) is 32.4. The Labute approximate surface area is 686 Å². The summed E-state index contributed by atoms with van der Waals surface area (Å²) in [6, 6.07) is 16.8. The van der Waals surface area contributed by atoms with Gasteiger partial charge in [0, 0.05) is 175 Å². The number of H-pyrrole nitrogens is 3. The van der Waals surface area contributed by atoms with Gasteiger partial charge in [0.25, 0.3) is 0 Å². The van der Waals surface area contributed by atoms with Crippen LogP contribution in [0.15, 0.2) is 110 Å². The molecule has 0 fully saturated rings. The van der Waals surface area contributed by atoms with Crippen LogP contribution in [-0.2, 0) is 85.3 Å². The Morgan fingerprint density at radius 1 is 0.427 bits per heavy atom. The zero-order valence-corrected chi connectivity index (χ0v) is 68.2. The van der Waals surface area contributed by atoms with Crippen molar-refractivity contribution >= 4 is 103 Å². The predicted octanol–water partition coefficient (Wildman–Crippen LogP) is 16.6. The largest absolute Gasteiger partial charge is 0.444 e. The standard InChI is InChI=1S/C27H28F2N6O2.C22H25ClFN5O2.C22H20F2N6.C12H15Cl2N3O2/c1-27(2,3)37-26(36)35-9-7-23-21(15-35)25(34-24(33-23)17-10-19(29)14-30-12-17)31-8-6-16-13-32-22-5-4-18(28)11-20(16)22;1-22(2,3)31-21(30)29-9-7-18-16(12-29)19(28-20(23)27-18)25-8-6-13-11-26-17-5-4-14(24)10-15(13)17;23-15-1-2-19-17(8-15)13(10-28-19)3-6-27-22-18-12-25-5-4-20(18)29-21(30-22)14-7-16(24)11-26-9-14;1-12(2,3)19-11(18)17-5-4-8-7(6-17)9(13)16-10(14)15-8/h4-5,10-14,32H,6-9,15H2,1-3H3,(H,31,33,34);4-5,10-11,26H,6-9,12H2,1-3H3,(H,25,27,28);1-2,7-11,25,28H,3-6,12H2,(H,27,29,30);4-6H2,1-3H3. The first-order chi connectivity index (χ1) is 55.8. The number of nitrogens with one attached hydrogen (secondary N) is 7. The summed E-state index contributed by atoms with van der Waals surface area (Å²) in [7, 11) is 0. The Bertz CT molecular complexity index is 5660. The summed E-state index contributed by atoms with van der Waals surface area (Å²) in [5, 5.41) is 16.6. The second kappa shape index (κ2) is 36.0. The fraction of sp³-hybridized carbons (Fsp3) is 0.361. The van der Waals surface area contributed by atoms with Crippen molar-refractivity contribution in [2.45, 2.75) is 150 Å². The molecule has 12 aromatic rings. The van der Waals surface area contributed by atoms with Crippen molar-refractivity contribution in [2.75, 3.05) is 61.8 Å². The SMILES string of the molecule is CC(C)(C)OC(=O)N1CCc2nc(-c3cncc(F)c3)nc(NCCc3c[nH]c4ccc(F)cc34)c2C1.CC(C)(C)OC(=O)N1CCc2nc(Cl)nc(Cl)c2C1.CC(C)(C)OC(=O)N1CCc2nc(Cl)nc(NCCc3c[nH]c4ccc(F)cc34)c2C1.Fc1cncc(-c2nc3c(c(NCCc4c[nH]c5ccc(F)cc45)n2)CNCC3)c1. The van der Waals surface area contributed by atoms with E-state index in [-0.39, 0.29) is 46.8 Å². The summed E-state index contributed by atoms with van der Waals surface area (Å²) in [5.41, 5.74) is 11.8. The van der Waals surface area contributed by atoms with Gasteiger partial charge in [-0.2, -0.15) is 0 Å². The number of amides is 3. The highest BCUT2D eigenvalue weighted by atomic mass is 35.5. The summed E-state index contributed by atoms with van der Waals surface area (Å²) in [6.07, 6.45) is 14.3. The van der Waals surface area contributed by atoms with Crippen LogP contribution in [0.2, 0.25) is 15.7 Å². The van der Waals surface area contributed by atoms with Crippen molar-refractivity contribution in [3.8, 4) is 22.8 Å². The molecule has 7 N–H and O–H groups in total. The maximum Gasteiger partial charge on any atom is 0.410 e. The number of halogens is 8. The number of carbonyl (C=O) groups excluding carboxylic acids is 3. The van der Waals surface area contributed by atoms with E-state index in [0.717, 1.165) is 126 Å². The van der Waals surface area contributed by atoms with Gasteiger partial charge in [0.2, 0.25) is 10.6 Å². The zero-order chi connectivity index (χ0) is 83.0. The molecule has 13 heterocycles. The normalized spacial score (nSPS) is 13.8. The van der Waals surface area contributed by atoms with Crippen LogP contribution in [0.4, 0.5) is 53.8 Å². The first-order valence-corrected chi connectivity index (χ1v) is 39.3. The lowest BCUT2D eigenvalue weighted by molar-refractivity contribution is 0.0212. The number of anilines is 3. The molecule has 34 heteroatoms. The van der Waals surface area contributed by atoms with Crippen molar-refractivity contribution in [1.29, 1.82) is 0 Å². The molecule has 0 saturated heterocycles. The van der Waals surface area contributed by atoms with Crippen LogP contribution in [0.1, 0.15) is 124 Å². The summed E-state index contributed by atoms with van der Waals surface area (Å²) < 4.78 is 84.9. The lowest BCUT2D eigenvalue weighted by atomic mass is 10.1. The van der Waals surface area contributed by atoms with Crippen molar-refractivity contribution in [3.63, 3.8) is 0 Å². The van der Waals surface area contributed by atoms with E-state index in [1.807, 2.05) is 80.9 Å². The Balaban J connectivity index is 0.000000138. The molecule has 9 aromatic heterocycles. The van der Waals surface area contributed by atoms with Crippen LogP contribution in [-0.4, -0.2) is 160 Å².